The summed E-state index contributed by atoms with van der Waals surface area (Å²) in [5.74, 6) is 2.16. The zero-order chi connectivity index (χ0) is 9.97. The number of carbonyl (C=O) groups is 1. The lowest BCUT2D eigenvalue weighted by Gasteiger charge is -2.01. The highest BCUT2D eigenvalue weighted by Crippen LogP contribution is 2.33. The predicted molar refractivity (Wildman–Crippen MR) is 52.1 cm³/mol. The fraction of sp³-hybridized carbons (Fsp3) is 0.636. The van der Waals surface area contributed by atoms with Crippen molar-refractivity contribution in [2.24, 2.45) is 0 Å². The normalized spacial score (nSPS) is 17.5. The van der Waals surface area contributed by atoms with Crippen molar-refractivity contribution in [1.29, 1.82) is 0 Å². The molecule has 3 heteroatoms. The average Bonchev–Trinajstić information content (AvgIpc) is 2.69. The molecule has 0 saturated heterocycles. The van der Waals surface area contributed by atoms with Gasteiger partial charge in [-0.1, -0.05) is 12.8 Å². The third-order valence-electron chi connectivity index (χ3n) is 2.70. The second-order valence-corrected chi connectivity index (χ2v) is 4.02. The summed E-state index contributed by atoms with van der Waals surface area (Å²) in [6.45, 7) is 1.57. The van der Waals surface area contributed by atoms with Crippen molar-refractivity contribution in [3.63, 3.8) is 0 Å². The molecule has 0 unspecified atom stereocenters. The van der Waals surface area contributed by atoms with Gasteiger partial charge in [-0.15, -0.1) is 0 Å². The van der Waals surface area contributed by atoms with E-state index in [0.29, 0.717) is 18.1 Å². The maximum Gasteiger partial charge on any atom is 0.197 e. The van der Waals surface area contributed by atoms with Gasteiger partial charge in [0, 0.05) is 5.92 Å². The number of hydrogen-bond acceptors (Lipinski definition) is 3. The van der Waals surface area contributed by atoms with Crippen LogP contribution in [0.15, 0.2) is 10.6 Å². The Morgan fingerprint density at radius 3 is 2.93 bits per heavy atom. The highest BCUT2D eigenvalue weighted by molar-refractivity contribution is 5.77. The SMILES string of the molecule is CC(=O)Cc1cnc(C2CCCC2)o1. The topological polar surface area (TPSA) is 43.1 Å². The van der Waals surface area contributed by atoms with E-state index >= 15 is 0 Å². The third kappa shape index (κ3) is 2.03. The van der Waals surface area contributed by atoms with Gasteiger partial charge in [-0.2, -0.15) is 0 Å². The Labute approximate surface area is 83.5 Å². The molecular weight excluding hydrogens is 178 g/mol. The van der Waals surface area contributed by atoms with Crippen LogP contribution in [0.5, 0.6) is 0 Å². The van der Waals surface area contributed by atoms with Gasteiger partial charge < -0.3 is 4.42 Å². The van der Waals surface area contributed by atoms with Gasteiger partial charge in [0.25, 0.3) is 0 Å². The molecule has 0 aromatic carbocycles. The van der Waals surface area contributed by atoms with Gasteiger partial charge in [0.15, 0.2) is 5.89 Å². The number of nitrogens with zero attached hydrogens (tertiary/aromatic N) is 1. The van der Waals surface area contributed by atoms with Gasteiger partial charge in [0.1, 0.15) is 11.5 Å². The molecule has 0 amide bonds. The van der Waals surface area contributed by atoms with Crippen LogP contribution < -0.4 is 0 Å². The van der Waals surface area contributed by atoms with Gasteiger partial charge in [-0.25, -0.2) is 4.98 Å². The minimum absolute atomic E-state index is 0.124. The fourth-order valence-corrected chi connectivity index (χ4v) is 2.01. The summed E-state index contributed by atoms with van der Waals surface area (Å²) in [6.07, 6.45) is 6.97. The summed E-state index contributed by atoms with van der Waals surface area (Å²) in [5, 5.41) is 0. The lowest BCUT2D eigenvalue weighted by atomic mass is 10.1. The summed E-state index contributed by atoms with van der Waals surface area (Å²) < 4.78 is 5.55. The van der Waals surface area contributed by atoms with Crippen molar-refractivity contribution in [1.82, 2.24) is 4.98 Å². The maximum absolute atomic E-state index is 10.9. The van der Waals surface area contributed by atoms with E-state index < -0.39 is 0 Å². The number of rotatable bonds is 3. The molecule has 1 fully saturated rings. The number of Topliss-reactive ketones (excluding diaryl/α,β-unsaturated/α-hetero) is 1. The van der Waals surface area contributed by atoms with Crippen LogP contribution in [0.3, 0.4) is 0 Å². The van der Waals surface area contributed by atoms with Crippen LogP contribution >= 0.6 is 0 Å². The summed E-state index contributed by atoms with van der Waals surface area (Å²) in [4.78, 5) is 15.1. The molecule has 0 aliphatic heterocycles. The molecule has 1 saturated carbocycles. The number of oxazole rings is 1. The summed E-state index contributed by atoms with van der Waals surface area (Å²) in [6, 6.07) is 0. The monoisotopic (exact) mass is 193 g/mol. The molecule has 1 heterocycles. The Hall–Kier alpha value is -1.12. The highest BCUT2D eigenvalue weighted by atomic mass is 16.4. The molecule has 1 aliphatic carbocycles. The Kier molecular flexibility index (Phi) is 2.66. The van der Waals surface area contributed by atoms with Crippen LogP contribution in [-0.2, 0) is 11.2 Å². The molecule has 1 aromatic rings. The Morgan fingerprint density at radius 2 is 2.29 bits per heavy atom. The molecule has 3 nitrogen and oxygen atoms in total. The predicted octanol–water partition coefficient (Wildman–Crippen LogP) is 2.46. The standard InChI is InChI=1S/C11H15NO2/c1-8(13)6-10-7-12-11(14-10)9-4-2-3-5-9/h7,9H,2-6H2,1H3. The smallest absolute Gasteiger partial charge is 0.197 e. The lowest BCUT2D eigenvalue weighted by Crippen LogP contribution is -1.94. The fourth-order valence-electron chi connectivity index (χ4n) is 2.01. The second kappa shape index (κ2) is 3.95. The van der Waals surface area contributed by atoms with Crippen molar-refractivity contribution < 1.29 is 9.21 Å². The van der Waals surface area contributed by atoms with Crippen LogP contribution in [0, 0.1) is 0 Å². The molecule has 2 rings (SSSR count). The van der Waals surface area contributed by atoms with E-state index in [1.165, 1.54) is 25.7 Å². The van der Waals surface area contributed by atoms with Crippen LogP contribution in [0.4, 0.5) is 0 Å². The Bertz CT molecular complexity index is 324. The maximum atomic E-state index is 10.9. The Morgan fingerprint density at radius 1 is 1.57 bits per heavy atom. The van der Waals surface area contributed by atoms with Crippen LogP contribution in [0.1, 0.15) is 50.2 Å². The van der Waals surface area contributed by atoms with E-state index in [1.807, 2.05) is 0 Å². The number of hydrogen-bond donors (Lipinski definition) is 0. The van der Waals surface area contributed by atoms with E-state index in [-0.39, 0.29) is 5.78 Å². The molecule has 76 valence electrons. The molecule has 0 atom stereocenters. The summed E-state index contributed by atoms with van der Waals surface area (Å²) in [7, 11) is 0. The quantitative estimate of drug-likeness (QED) is 0.740. The Balaban J connectivity index is 2.05. The minimum atomic E-state index is 0.124. The number of aromatic nitrogens is 1. The van der Waals surface area contributed by atoms with Gasteiger partial charge >= 0.3 is 0 Å². The molecule has 0 bridgehead atoms. The molecule has 0 N–H and O–H groups in total. The van der Waals surface area contributed by atoms with Gasteiger partial charge in [0.05, 0.1) is 12.6 Å². The van der Waals surface area contributed by atoms with Crippen LogP contribution in [-0.4, -0.2) is 10.8 Å². The number of carbonyl (C=O) groups excluding carboxylic acids is 1. The molecule has 0 radical (unpaired) electrons. The van der Waals surface area contributed by atoms with Crippen molar-refractivity contribution >= 4 is 5.78 Å². The largest absolute Gasteiger partial charge is 0.445 e. The lowest BCUT2D eigenvalue weighted by molar-refractivity contribution is -0.116. The zero-order valence-corrected chi connectivity index (χ0v) is 8.45. The van der Waals surface area contributed by atoms with Gasteiger partial charge in [-0.05, 0) is 19.8 Å². The highest BCUT2D eigenvalue weighted by Gasteiger charge is 2.21. The number of ketones is 1. The molecule has 1 aliphatic rings. The molecule has 0 spiro atoms. The van der Waals surface area contributed by atoms with Crippen molar-refractivity contribution in [3.05, 3.63) is 17.8 Å². The first-order chi connectivity index (χ1) is 6.75. The van der Waals surface area contributed by atoms with Gasteiger partial charge in [-0.3, -0.25) is 4.79 Å². The van der Waals surface area contributed by atoms with E-state index in [2.05, 4.69) is 4.98 Å². The summed E-state index contributed by atoms with van der Waals surface area (Å²) in [5.41, 5.74) is 0. The first kappa shape index (κ1) is 9.44. The summed E-state index contributed by atoms with van der Waals surface area (Å²) >= 11 is 0. The zero-order valence-electron chi connectivity index (χ0n) is 8.45. The van der Waals surface area contributed by atoms with E-state index in [0.717, 1.165) is 5.89 Å². The average molecular weight is 193 g/mol. The van der Waals surface area contributed by atoms with E-state index in [4.69, 9.17) is 4.42 Å². The van der Waals surface area contributed by atoms with Gasteiger partial charge in [0.2, 0.25) is 0 Å². The third-order valence-corrected chi connectivity index (χ3v) is 2.70. The van der Waals surface area contributed by atoms with Crippen molar-refractivity contribution in [3.8, 4) is 0 Å². The first-order valence-corrected chi connectivity index (χ1v) is 5.20. The first-order valence-electron chi connectivity index (χ1n) is 5.20. The minimum Gasteiger partial charge on any atom is -0.445 e. The molecular formula is C11H15NO2. The second-order valence-electron chi connectivity index (χ2n) is 4.02. The molecule has 1 aromatic heterocycles. The molecule has 14 heavy (non-hydrogen) atoms. The van der Waals surface area contributed by atoms with Crippen LogP contribution in [0.25, 0.3) is 0 Å². The van der Waals surface area contributed by atoms with Crippen molar-refractivity contribution in [2.45, 2.75) is 44.9 Å². The van der Waals surface area contributed by atoms with E-state index in [9.17, 15) is 4.79 Å². The van der Waals surface area contributed by atoms with Crippen LogP contribution in [0.2, 0.25) is 0 Å². The van der Waals surface area contributed by atoms with E-state index in [1.54, 1.807) is 13.1 Å². The van der Waals surface area contributed by atoms with Crippen molar-refractivity contribution in [2.75, 3.05) is 0 Å².